The molecule has 0 aromatic rings. The SMILES string of the molecule is CCNCCCN1CCN(C(C)=O)CC1. The highest BCUT2D eigenvalue weighted by Crippen LogP contribution is 2.02. The molecule has 1 rings (SSSR count). The van der Waals surface area contributed by atoms with Crippen LogP contribution in [0.15, 0.2) is 0 Å². The summed E-state index contributed by atoms with van der Waals surface area (Å²) in [7, 11) is 0. The van der Waals surface area contributed by atoms with Crippen LogP contribution < -0.4 is 5.32 Å². The number of hydrogen-bond donors (Lipinski definition) is 1. The summed E-state index contributed by atoms with van der Waals surface area (Å²) >= 11 is 0. The molecular formula is C11H23N3O. The minimum atomic E-state index is 0.210. The summed E-state index contributed by atoms with van der Waals surface area (Å²) in [5.74, 6) is 0.210. The van der Waals surface area contributed by atoms with Crippen LogP contribution in [0.3, 0.4) is 0 Å². The fourth-order valence-corrected chi connectivity index (χ4v) is 1.89. The molecule has 0 spiro atoms. The Morgan fingerprint density at radius 3 is 2.47 bits per heavy atom. The van der Waals surface area contributed by atoms with Crippen LogP contribution in [0.5, 0.6) is 0 Å². The molecule has 0 aromatic heterocycles. The van der Waals surface area contributed by atoms with Gasteiger partial charge in [-0.25, -0.2) is 0 Å². The summed E-state index contributed by atoms with van der Waals surface area (Å²) in [5.41, 5.74) is 0. The standard InChI is InChI=1S/C11H23N3O/c1-3-12-5-4-6-13-7-9-14(10-8-13)11(2)15/h12H,3-10H2,1-2H3. The molecule has 1 fully saturated rings. The smallest absolute Gasteiger partial charge is 0.219 e. The zero-order chi connectivity index (χ0) is 11.1. The van der Waals surface area contributed by atoms with Crippen LogP contribution in [-0.4, -0.2) is 61.5 Å². The van der Waals surface area contributed by atoms with E-state index in [0.29, 0.717) is 0 Å². The van der Waals surface area contributed by atoms with Crippen molar-refractivity contribution in [3.63, 3.8) is 0 Å². The summed E-state index contributed by atoms with van der Waals surface area (Å²) in [6.45, 7) is 11.0. The molecule has 15 heavy (non-hydrogen) atoms. The minimum absolute atomic E-state index is 0.210. The Morgan fingerprint density at radius 1 is 1.27 bits per heavy atom. The van der Waals surface area contributed by atoms with Crippen molar-refractivity contribution in [3.05, 3.63) is 0 Å². The molecule has 0 aliphatic carbocycles. The number of carbonyl (C=O) groups is 1. The van der Waals surface area contributed by atoms with Gasteiger partial charge in [-0.1, -0.05) is 6.92 Å². The van der Waals surface area contributed by atoms with E-state index in [1.807, 2.05) is 4.90 Å². The zero-order valence-electron chi connectivity index (χ0n) is 9.96. The van der Waals surface area contributed by atoms with Gasteiger partial charge in [-0.15, -0.1) is 0 Å². The summed E-state index contributed by atoms with van der Waals surface area (Å²) in [4.78, 5) is 15.5. The Hall–Kier alpha value is -0.610. The molecule has 1 aliphatic rings. The van der Waals surface area contributed by atoms with Gasteiger partial charge in [0, 0.05) is 33.1 Å². The number of rotatable bonds is 5. The highest BCUT2D eigenvalue weighted by atomic mass is 16.2. The second-order valence-corrected chi connectivity index (χ2v) is 4.05. The third-order valence-electron chi connectivity index (χ3n) is 2.90. The van der Waals surface area contributed by atoms with Crippen LogP contribution in [0, 0.1) is 0 Å². The first kappa shape index (κ1) is 12.5. The minimum Gasteiger partial charge on any atom is -0.340 e. The van der Waals surface area contributed by atoms with E-state index < -0.39 is 0 Å². The van der Waals surface area contributed by atoms with E-state index in [1.165, 1.54) is 6.42 Å². The highest BCUT2D eigenvalue weighted by molar-refractivity contribution is 5.73. The summed E-state index contributed by atoms with van der Waals surface area (Å²) in [6.07, 6.45) is 1.20. The van der Waals surface area contributed by atoms with Crippen molar-refractivity contribution in [1.82, 2.24) is 15.1 Å². The number of amides is 1. The molecule has 1 saturated heterocycles. The molecule has 4 heteroatoms. The zero-order valence-corrected chi connectivity index (χ0v) is 9.96. The number of carbonyl (C=O) groups excluding carboxylic acids is 1. The first-order chi connectivity index (χ1) is 7.24. The molecule has 0 radical (unpaired) electrons. The van der Waals surface area contributed by atoms with Crippen LogP contribution >= 0.6 is 0 Å². The average Bonchev–Trinajstić information content (AvgIpc) is 2.25. The van der Waals surface area contributed by atoms with Gasteiger partial charge in [0.1, 0.15) is 0 Å². The Balaban J connectivity index is 2.07. The largest absolute Gasteiger partial charge is 0.340 e. The summed E-state index contributed by atoms with van der Waals surface area (Å²) in [5, 5.41) is 3.32. The van der Waals surface area contributed by atoms with E-state index in [9.17, 15) is 4.79 Å². The second-order valence-electron chi connectivity index (χ2n) is 4.05. The predicted octanol–water partition coefficient (Wildman–Crippen LogP) is 0.150. The Kier molecular flexibility index (Phi) is 5.65. The number of hydrogen-bond acceptors (Lipinski definition) is 3. The normalized spacial score (nSPS) is 18.1. The van der Waals surface area contributed by atoms with Gasteiger partial charge >= 0.3 is 0 Å². The predicted molar refractivity (Wildman–Crippen MR) is 61.9 cm³/mol. The van der Waals surface area contributed by atoms with Crippen LogP contribution in [0.2, 0.25) is 0 Å². The second kappa shape index (κ2) is 6.80. The molecule has 1 aliphatic heterocycles. The van der Waals surface area contributed by atoms with Crippen molar-refractivity contribution in [1.29, 1.82) is 0 Å². The van der Waals surface area contributed by atoms with E-state index in [1.54, 1.807) is 6.92 Å². The van der Waals surface area contributed by atoms with Gasteiger partial charge in [-0.2, -0.15) is 0 Å². The topological polar surface area (TPSA) is 35.6 Å². The number of nitrogens with one attached hydrogen (secondary N) is 1. The van der Waals surface area contributed by atoms with Crippen LogP contribution in [-0.2, 0) is 4.79 Å². The molecule has 0 atom stereocenters. The van der Waals surface area contributed by atoms with E-state index in [-0.39, 0.29) is 5.91 Å². The molecule has 0 saturated carbocycles. The van der Waals surface area contributed by atoms with Gasteiger partial charge in [0.25, 0.3) is 0 Å². The molecule has 1 N–H and O–H groups in total. The molecule has 1 amide bonds. The van der Waals surface area contributed by atoms with Crippen molar-refractivity contribution in [2.24, 2.45) is 0 Å². The third-order valence-corrected chi connectivity index (χ3v) is 2.90. The van der Waals surface area contributed by atoms with Crippen LogP contribution in [0.25, 0.3) is 0 Å². The molecule has 0 bridgehead atoms. The Morgan fingerprint density at radius 2 is 1.93 bits per heavy atom. The first-order valence-electron chi connectivity index (χ1n) is 5.92. The Bertz CT molecular complexity index is 188. The molecule has 1 heterocycles. The Labute approximate surface area is 92.6 Å². The quantitative estimate of drug-likeness (QED) is 0.660. The lowest BCUT2D eigenvalue weighted by atomic mass is 10.3. The lowest BCUT2D eigenvalue weighted by Crippen LogP contribution is -2.48. The third kappa shape index (κ3) is 4.62. The fraction of sp³-hybridized carbons (Fsp3) is 0.909. The summed E-state index contributed by atoms with van der Waals surface area (Å²) < 4.78 is 0. The van der Waals surface area contributed by atoms with Gasteiger partial charge in [0.15, 0.2) is 0 Å². The van der Waals surface area contributed by atoms with Gasteiger partial charge in [0.2, 0.25) is 5.91 Å². The lowest BCUT2D eigenvalue weighted by Gasteiger charge is -2.34. The van der Waals surface area contributed by atoms with Crippen molar-refractivity contribution in [2.75, 3.05) is 45.8 Å². The summed E-state index contributed by atoms with van der Waals surface area (Å²) in [6, 6.07) is 0. The van der Waals surface area contributed by atoms with Gasteiger partial charge in [0.05, 0.1) is 0 Å². The molecule has 88 valence electrons. The van der Waals surface area contributed by atoms with Gasteiger partial charge < -0.3 is 10.2 Å². The lowest BCUT2D eigenvalue weighted by molar-refractivity contribution is -0.130. The average molecular weight is 213 g/mol. The van der Waals surface area contributed by atoms with Crippen molar-refractivity contribution < 1.29 is 4.79 Å². The number of piperazine rings is 1. The van der Waals surface area contributed by atoms with Crippen molar-refractivity contribution in [2.45, 2.75) is 20.3 Å². The molecular weight excluding hydrogens is 190 g/mol. The first-order valence-corrected chi connectivity index (χ1v) is 5.92. The molecule has 4 nitrogen and oxygen atoms in total. The van der Waals surface area contributed by atoms with Crippen molar-refractivity contribution in [3.8, 4) is 0 Å². The number of nitrogens with zero attached hydrogens (tertiary/aromatic N) is 2. The maximum Gasteiger partial charge on any atom is 0.219 e. The fourth-order valence-electron chi connectivity index (χ4n) is 1.89. The maximum absolute atomic E-state index is 11.1. The van der Waals surface area contributed by atoms with E-state index in [4.69, 9.17) is 0 Å². The van der Waals surface area contributed by atoms with Gasteiger partial charge in [-0.3, -0.25) is 9.69 Å². The maximum atomic E-state index is 11.1. The molecule has 0 aromatic carbocycles. The highest BCUT2D eigenvalue weighted by Gasteiger charge is 2.17. The van der Waals surface area contributed by atoms with E-state index in [2.05, 4.69) is 17.1 Å². The van der Waals surface area contributed by atoms with Gasteiger partial charge in [-0.05, 0) is 26.1 Å². The molecule has 0 unspecified atom stereocenters. The monoisotopic (exact) mass is 213 g/mol. The van der Waals surface area contributed by atoms with E-state index in [0.717, 1.165) is 45.8 Å². The van der Waals surface area contributed by atoms with Crippen LogP contribution in [0.4, 0.5) is 0 Å². The van der Waals surface area contributed by atoms with E-state index >= 15 is 0 Å². The van der Waals surface area contributed by atoms with Crippen molar-refractivity contribution >= 4 is 5.91 Å². The van der Waals surface area contributed by atoms with Crippen LogP contribution in [0.1, 0.15) is 20.3 Å².